The zero-order valence-electron chi connectivity index (χ0n) is 26.2. The van der Waals surface area contributed by atoms with E-state index in [0.29, 0.717) is 18.6 Å². The van der Waals surface area contributed by atoms with Crippen molar-refractivity contribution >= 4 is 41.2 Å². The first-order valence-corrected chi connectivity index (χ1v) is 20.1. The molecule has 2 saturated carbocycles. The zero-order chi connectivity index (χ0) is 30.1. The van der Waals surface area contributed by atoms with E-state index in [-0.39, 0.29) is 0 Å². The molecule has 0 radical (unpaired) electrons. The fourth-order valence-corrected chi connectivity index (χ4v) is 7.67. The van der Waals surface area contributed by atoms with Crippen molar-refractivity contribution in [3.8, 4) is 0 Å². The molecular formula is C32H44N10OSi. The largest absolute Gasteiger partial charge is 0.361 e. The number of ether oxygens (including phenoxy) is 1. The van der Waals surface area contributed by atoms with Crippen LogP contribution in [0.15, 0.2) is 37.2 Å². The van der Waals surface area contributed by atoms with E-state index in [2.05, 4.69) is 78.1 Å². The first-order chi connectivity index (χ1) is 21.5. The lowest BCUT2D eigenvalue weighted by Crippen LogP contribution is -2.22. The highest BCUT2D eigenvalue weighted by Gasteiger charge is 2.24. The number of nitrogens with zero attached hydrogens (tertiary/aromatic N) is 9. The van der Waals surface area contributed by atoms with Crippen LogP contribution in [0.3, 0.4) is 0 Å². The van der Waals surface area contributed by atoms with E-state index >= 15 is 0 Å². The van der Waals surface area contributed by atoms with Crippen molar-refractivity contribution in [1.29, 1.82) is 0 Å². The maximum Gasteiger partial charge on any atom is 0.145 e. The maximum absolute atomic E-state index is 5.92. The first-order valence-electron chi connectivity index (χ1n) is 16.4. The van der Waals surface area contributed by atoms with Gasteiger partial charge in [0.2, 0.25) is 0 Å². The highest BCUT2D eigenvalue weighted by atomic mass is 28.3. The van der Waals surface area contributed by atoms with Crippen LogP contribution in [-0.4, -0.2) is 63.9 Å². The van der Waals surface area contributed by atoms with E-state index in [1.165, 1.54) is 70.3 Å². The second-order valence-corrected chi connectivity index (χ2v) is 19.4. The van der Waals surface area contributed by atoms with Crippen LogP contribution in [-0.2, 0) is 11.5 Å². The van der Waals surface area contributed by atoms with E-state index < -0.39 is 8.07 Å². The molecule has 6 aromatic heterocycles. The van der Waals surface area contributed by atoms with Gasteiger partial charge in [-0.1, -0.05) is 68.6 Å². The summed E-state index contributed by atoms with van der Waals surface area (Å²) in [5.74, 6) is 1.10. The molecule has 0 saturated heterocycles. The number of hydrogen-bond acceptors (Lipinski definition) is 7. The lowest BCUT2D eigenvalue weighted by atomic mass is 9.86. The van der Waals surface area contributed by atoms with Crippen LogP contribution in [0.2, 0.25) is 25.7 Å². The van der Waals surface area contributed by atoms with Gasteiger partial charge in [0.25, 0.3) is 0 Å². The van der Waals surface area contributed by atoms with Gasteiger partial charge in [-0.05, 0) is 43.9 Å². The number of aromatic nitrogens is 10. The predicted octanol–water partition coefficient (Wildman–Crippen LogP) is 7.09. The van der Waals surface area contributed by atoms with Gasteiger partial charge in [0, 0.05) is 49.7 Å². The average molecular weight is 613 g/mol. The Kier molecular flexibility index (Phi) is 8.19. The van der Waals surface area contributed by atoms with Gasteiger partial charge in [-0.2, -0.15) is 0 Å². The summed E-state index contributed by atoms with van der Waals surface area (Å²) in [6.45, 7) is 8.49. The lowest BCUT2D eigenvalue weighted by molar-refractivity contribution is 0.0899. The van der Waals surface area contributed by atoms with Gasteiger partial charge < -0.3 is 14.3 Å². The Balaban J connectivity index is 0.000000151. The highest BCUT2D eigenvalue weighted by Crippen LogP contribution is 2.36. The Labute approximate surface area is 258 Å². The van der Waals surface area contributed by atoms with Crippen molar-refractivity contribution in [1.82, 2.24) is 49.2 Å². The molecule has 2 aliphatic carbocycles. The third-order valence-corrected chi connectivity index (χ3v) is 11.1. The minimum atomic E-state index is -1.06. The van der Waals surface area contributed by atoms with E-state index in [4.69, 9.17) is 4.74 Å². The van der Waals surface area contributed by atoms with E-state index in [0.717, 1.165) is 51.1 Å². The monoisotopic (exact) mass is 612 g/mol. The molecule has 0 bridgehead atoms. The van der Waals surface area contributed by atoms with Crippen molar-refractivity contribution in [2.24, 2.45) is 0 Å². The molecule has 0 aromatic carbocycles. The third kappa shape index (κ3) is 5.89. The van der Waals surface area contributed by atoms with E-state index in [1.807, 2.05) is 10.7 Å². The van der Waals surface area contributed by atoms with Gasteiger partial charge >= 0.3 is 0 Å². The molecule has 6 heterocycles. The standard InChI is InChI=1S/C19H29N5OSi.C13H15N5/c1-26(2,3)12-11-25-14-23-10-9-16-18-17(15-7-5-4-6-8-15)21-22-24(18)13-20-19(16)23;1-2-4-9(5-3-1)11-12-10-6-7-14-13(10)15-8-18(12)17-16-11/h9-10,13,15H,4-8,11-12,14H2,1-3H3;6-9,14H,1-5H2. The average Bonchev–Trinajstić information content (AvgIpc) is 3.84. The van der Waals surface area contributed by atoms with Gasteiger partial charge in [0.15, 0.2) is 0 Å². The lowest BCUT2D eigenvalue weighted by Gasteiger charge is -2.19. The van der Waals surface area contributed by atoms with Crippen molar-refractivity contribution in [3.05, 3.63) is 48.6 Å². The van der Waals surface area contributed by atoms with Crippen molar-refractivity contribution in [2.75, 3.05) is 6.61 Å². The molecule has 1 N–H and O–H groups in total. The van der Waals surface area contributed by atoms with E-state index in [1.54, 1.807) is 17.2 Å². The predicted molar refractivity (Wildman–Crippen MR) is 175 cm³/mol. The number of nitrogens with one attached hydrogen (secondary N) is 1. The maximum atomic E-state index is 5.92. The Hall–Kier alpha value is -3.64. The minimum Gasteiger partial charge on any atom is -0.361 e. The van der Waals surface area contributed by atoms with Crippen molar-refractivity contribution in [3.63, 3.8) is 0 Å². The van der Waals surface area contributed by atoms with Gasteiger partial charge in [0.05, 0.1) is 11.4 Å². The number of aromatic amines is 1. The summed E-state index contributed by atoms with van der Waals surface area (Å²) in [5.41, 5.74) is 6.44. The summed E-state index contributed by atoms with van der Waals surface area (Å²) in [5, 5.41) is 19.7. The molecule has 0 unspecified atom stereocenters. The van der Waals surface area contributed by atoms with Gasteiger partial charge in [-0.25, -0.2) is 19.0 Å². The van der Waals surface area contributed by atoms with Crippen molar-refractivity contribution < 1.29 is 4.74 Å². The SMILES string of the molecule is C[Si](C)(C)CCOCn1ccc2c1ncn1nnc(C3CCCCC3)c21.c1cc2c(ncn3nnc(C4CCCCC4)c23)[nH]1. The number of rotatable bonds is 7. The minimum absolute atomic E-state index is 0.531. The molecule has 232 valence electrons. The molecule has 0 spiro atoms. The van der Waals surface area contributed by atoms with E-state index in [9.17, 15) is 0 Å². The van der Waals surface area contributed by atoms with Crippen LogP contribution in [0, 0.1) is 0 Å². The normalized spacial score (nSPS) is 17.2. The number of H-pyrrole nitrogens is 1. The highest BCUT2D eigenvalue weighted by molar-refractivity contribution is 6.76. The molecule has 6 aromatic rings. The van der Waals surface area contributed by atoms with Crippen LogP contribution >= 0.6 is 0 Å². The van der Waals surface area contributed by atoms with Crippen LogP contribution in [0.5, 0.6) is 0 Å². The molecule has 0 atom stereocenters. The molecular weight excluding hydrogens is 569 g/mol. The number of hydrogen-bond donors (Lipinski definition) is 1. The van der Waals surface area contributed by atoms with Crippen molar-refractivity contribution in [2.45, 2.75) is 108 Å². The fraction of sp³-hybridized carbons (Fsp3) is 0.562. The summed E-state index contributed by atoms with van der Waals surface area (Å²) in [6, 6.07) is 5.38. The Morgan fingerprint density at radius 3 is 2.05 bits per heavy atom. The van der Waals surface area contributed by atoms with Crippen LogP contribution in [0.25, 0.3) is 33.1 Å². The fourth-order valence-electron chi connectivity index (χ4n) is 6.92. The topological polar surface area (TPSA) is 116 Å². The van der Waals surface area contributed by atoms with Crippen LogP contribution in [0.1, 0.15) is 87.4 Å². The zero-order valence-corrected chi connectivity index (χ0v) is 27.2. The molecule has 12 heteroatoms. The van der Waals surface area contributed by atoms with Crippen LogP contribution in [0.4, 0.5) is 0 Å². The molecule has 2 fully saturated rings. The molecule has 0 amide bonds. The second-order valence-electron chi connectivity index (χ2n) is 13.8. The molecule has 44 heavy (non-hydrogen) atoms. The summed E-state index contributed by atoms with van der Waals surface area (Å²) >= 11 is 0. The quantitative estimate of drug-likeness (QED) is 0.151. The summed E-state index contributed by atoms with van der Waals surface area (Å²) in [6.07, 6.45) is 20.4. The second kappa shape index (κ2) is 12.4. The first kappa shape index (κ1) is 29.1. The molecule has 0 aliphatic heterocycles. The smallest absolute Gasteiger partial charge is 0.145 e. The number of fused-ring (bicyclic) bond motifs is 6. The Morgan fingerprint density at radius 2 is 1.41 bits per heavy atom. The van der Waals surface area contributed by atoms with Gasteiger partial charge in [0.1, 0.15) is 41.7 Å². The summed E-state index contributed by atoms with van der Waals surface area (Å²) in [4.78, 5) is 12.1. The Morgan fingerprint density at radius 1 is 0.795 bits per heavy atom. The summed E-state index contributed by atoms with van der Waals surface area (Å²) in [7, 11) is -1.06. The van der Waals surface area contributed by atoms with Crippen LogP contribution < -0.4 is 0 Å². The van der Waals surface area contributed by atoms with Gasteiger partial charge in [-0.3, -0.25) is 0 Å². The Bertz CT molecular complexity index is 1850. The summed E-state index contributed by atoms with van der Waals surface area (Å²) < 4.78 is 11.7. The van der Waals surface area contributed by atoms with Gasteiger partial charge in [-0.15, -0.1) is 10.2 Å². The third-order valence-electron chi connectivity index (χ3n) is 9.41. The molecule has 8 rings (SSSR count). The molecule has 11 nitrogen and oxygen atoms in total. The molecule has 2 aliphatic rings.